The van der Waals surface area contributed by atoms with Crippen molar-refractivity contribution < 1.29 is 22.6 Å². The van der Waals surface area contributed by atoms with Gasteiger partial charge in [0.2, 0.25) is 0 Å². The highest BCUT2D eigenvalue weighted by Crippen LogP contribution is 1.89. The fourth-order valence-corrected chi connectivity index (χ4v) is 0.715. The minimum absolute atomic E-state index is 0.228. The van der Waals surface area contributed by atoms with Gasteiger partial charge in [0.15, 0.2) is 0 Å². The molecule has 0 unspecified atom stereocenters. The van der Waals surface area contributed by atoms with Crippen molar-refractivity contribution in [2.24, 2.45) is 4.99 Å². The van der Waals surface area contributed by atoms with Crippen LogP contribution in [0.1, 0.15) is 0 Å². The molecule has 0 aromatic carbocycles. The van der Waals surface area contributed by atoms with Gasteiger partial charge < -0.3 is 10.0 Å². The number of aliphatic hydroxyl groups excluding tert-OH is 1. The first-order chi connectivity index (χ1) is 5.93. The lowest BCUT2D eigenvalue weighted by Crippen LogP contribution is -2.22. The first kappa shape index (κ1) is 12.3. The van der Waals surface area contributed by atoms with E-state index in [9.17, 15) is 0 Å². The molecule has 1 aliphatic rings. The van der Waals surface area contributed by atoms with Crippen LogP contribution >= 0.6 is 0 Å². The Balaban J connectivity index is 0.000000252. The largest absolute Gasteiger partial charge is 0.395 e. The Morgan fingerprint density at radius 1 is 1.46 bits per heavy atom. The molecule has 0 aromatic rings. The summed E-state index contributed by atoms with van der Waals surface area (Å²) in [4.78, 5) is 5.97. The molecule has 0 fully saturated rings. The first-order valence-electron chi connectivity index (χ1n) is 3.48. The molecule has 1 heterocycles. The lowest BCUT2D eigenvalue weighted by atomic mass is 10.5. The summed E-state index contributed by atoms with van der Waals surface area (Å²) in [6, 6.07) is 0. The first-order valence-corrected chi connectivity index (χ1v) is 4.88. The topological polar surface area (TPSA) is 110 Å². The Labute approximate surface area is 76.3 Å². The van der Waals surface area contributed by atoms with Gasteiger partial charge in [-0.05, 0) is 0 Å². The average molecular weight is 212 g/mol. The zero-order valence-corrected chi connectivity index (χ0v) is 7.68. The Bertz CT molecular complexity index is 242. The maximum Gasteiger partial charge on any atom is 0.394 e. The normalized spacial score (nSPS) is 15.5. The summed E-state index contributed by atoms with van der Waals surface area (Å²) in [5, 5.41) is 8.42. The van der Waals surface area contributed by atoms with E-state index in [4.69, 9.17) is 22.6 Å². The highest BCUT2D eigenvalue weighted by molar-refractivity contribution is 7.79. The van der Waals surface area contributed by atoms with Crippen LogP contribution in [0.5, 0.6) is 0 Å². The van der Waals surface area contributed by atoms with Crippen LogP contribution in [-0.2, 0) is 10.4 Å². The van der Waals surface area contributed by atoms with Crippen molar-refractivity contribution in [3.63, 3.8) is 0 Å². The third-order valence-corrected chi connectivity index (χ3v) is 1.15. The van der Waals surface area contributed by atoms with Gasteiger partial charge in [0.25, 0.3) is 0 Å². The quantitative estimate of drug-likeness (QED) is 0.489. The van der Waals surface area contributed by atoms with Gasteiger partial charge >= 0.3 is 10.4 Å². The number of aliphatic hydroxyl groups is 1. The van der Waals surface area contributed by atoms with Crippen LogP contribution < -0.4 is 0 Å². The lowest BCUT2D eigenvalue weighted by Gasteiger charge is -2.09. The minimum Gasteiger partial charge on any atom is -0.395 e. The Morgan fingerprint density at radius 3 is 2.31 bits per heavy atom. The molecule has 7 nitrogen and oxygen atoms in total. The summed E-state index contributed by atoms with van der Waals surface area (Å²) in [7, 11) is -4.67. The zero-order valence-electron chi connectivity index (χ0n) is 6.87. The second-order valence-corrected chi connectivity index (χ2v) is 3.12. The van der Waals surface area contributed by atoms with Crippen molar-refractivity contribution in [3.05, 3.63) is 0 Å². The number of aliphatic imine (C=N–C) groups is 1. The van der Waals surface area contributed by atoms with Gasteiger partial charge in [-0.15, -0.1) is 0 Å². The summed E-state index contributed by atoms with van der Waals surface area (Å²) in [6.07, 6.45) is 1.79. The van der Waals surface area contributed by atoms with E-state index in [1.165, 1.54) is 0 Å². The lowest BCUT2D eigenvalue weighted by molar-refractivity contribution is 0.258. The van der Waals surface area contributed by atoms with Crippen molar-refractivity contribution >= 4 is 16.7 Å². The van der Waals surface area contributed by atoms with E-state index in [-0.39, 0.29) is 6.61 Å². The van der Waals surface area contributed by atoms with Gasteiger partial charge in [-0.1, -0.05) is 0 Å². The maximum absolute atomic E-state index is 8.74. The van der Waals surface area contributed by atoms with Crippen LogP contribution in [0.4, 0.5) is 0 Å². The molecule has 0 spiro atoms. The van der Waals surface area contributed by atoms with Crippen LogP contribution in [0.2, 0.25) is 0 Å². The molecule has 0 radical (unpaired) electrons. The molecule has 0 aliphatic carbocycles. The number of hydrogen-bond acceptors (Lipinski definition) is 5. The van der Waals surface area contributed by atoms with Gasteiger partial charge in [0, 0.05) is 13.1 Å². The molecule has 8 heteroatoms. The monoisotopic (exact) mass is 212 g/mol. The summed E-state index contributed by atoms with van der Waals surface area (Å²) < 4.78 is 31.6. The van der Waals surface area contributed by atoms with Crippen LogP contribution in [0.3, 0.4) is 0 Å². The van der Waals surface area contributed by atoms with Crippen molar-refractivity contribution in [2.45, 2.75) is 0 Å². The number of rotatable bonds is 2. The summed E-state index contributed by atoms with van der Waals surface area (Å²) in [6.45, 7) is 2.82. The molecule has 0 amide bonds. The minimum atomic E-state index is -4.67. The predicted molar refractivity (Wildman–Crippen MR) is 46.2 cm³/mol. The summed E-state index contributed by atoms with van der Waals surface area (Å²) >= 11 is 0. The maximum atomic E-state index is 8.74. The Kier molecular flexibility index (Phi) is 5.55. The van der Waals surface area contributed by atoms with Gasteiger partial charge in [0.05, 0.1) is 19.5 Å². The molecule has 1 rings (SSSR count). The van der Waals surface area contributed by atoms with Crippen molar-refractivity contribution in [1.29, 1.82) is 0 Å². The highest BCUT2D eigenvalue weighted by Gasteiger charge is 2.01. The fraction of sp³-hybridized carbons (Fsp3) is 0.800. The molecular formula is C5H12N2O5S. The van der Waals surface area contributed by atoms with Gasteiger partial charge in [-0.2, -0.15) is 8.42 Å². The highest BCUT2D eigenvalue weighted by atomic mass is 32.3. The van der Waals surface area contributed by atoms with Crippen molar-refractivity contribution in [1.82, 2.24) is 4.90 Å². The van der Waals surface area contributed by atoms with Gasteiger partial charge in [-0.3, -0.25) is 14.1 Å². The van der Waals surface area contributed by atoms with E-state index in [2.05, 4.69) is 4.99 Å². The number of β-amino-alcohol motifs (C(OH)–C–C–N with tert-alkyl or cyclic N) is 1. The van der Waals surface area contributed by atoms with E-state index in [1.807, 2.05) is 4.90 Å². The molecule has 0 saturated heterocycles. The van der Waals surface area contributed by atoms with E-state index < -0.39 is 10.4 Å². The fourth-order valence-electron chi connectivity index (χ4n) is 0.715. The van der Waals surface area contributed by atoms with Crippen molar-refractivity contribution in [2.75, 3.05) is 26.2 Å². The van der Waals surface area contributed by atoms with Crippen LogP contribution in [0.25, 0.3) is 0 Å². The smallest absolute Gasteiger partial charge is 0.394 e. The zero-order chi connectivity index (χ0) is 10.3. The average Bonchev–Trinajstić information content (AvgIpc) is 2.36. The second kappa shape index (κ2) is 5.86. The molecule has 78 valence electrons. The SMILES string of the molecule is O=S(=O)(O)O.OCCN1C=NCC1. The molecule has 1 aliphatic heterocycles. The second-order valence-electron chi connectivity index (χ2n) is 2.23. The number of nitrogens with zero attached hydrogens (tertiary/aromatic N) is 2. The Morgan fingerprint density at radius 2 is 2.00 bits per heavy atom. The van der Waals surface area contributed by atoms with E-state index >= 15 is 0 Å². The van der Waals surface area contributed by atoms with E-state index in [0.29, 0.717) is 0 Å². The molecule has 13 heavy (non-hydrogen) atoms. The third kappa shape index (κ3) is 11.3. The summed E-state index contributed by atoms with van der Waals surface area (Å²) in [5.41, 5.74) is 0. The van der Waals surface area contributed by atoms with Crippen LogP contribution in [0, 0.1) is 0 Å². The predicted octanol–water partition coefficient (Wildman–Crippen LogP) is -1.33. The van der Waals surface area contributed by atoms with Gasteiger partial charge in [0.1, 0.15) is 0 Å². The molecule has 0 atom stereocenters. The Hall–Kier alpha value is -0.700. The molecular weight excluding hydrogens is 200 g/mol. The van der Waals surface area contributed by atoms with Crippen LogP contribution in [0.15, 0.2) is 4.99 Å². The van der Waals surface area contributed by atoms with E-state index in [1.54, 1.807) is 6.34 Å². The molecule has 0 bridgehead atoms. The standard InChI is InChI=1S/C5H10N2O.H2O4S/c8-4-3-7-2-1-6-5-7;1-5(2,3)4/h5,8H,1-4H2;(H2,1,2,3,4). The molecule has 3 N–H and O–H groups in total. The molecule has 0 aromatic heterocycles. The van der Waals surface area contributed by atoms with Crippen molar-refractivity contribution in [3.8, 4) is 0 Å². The molecule has 0 saturated carbocycles. The van der Waals surface area contributed by atoms with E-state index in [0.717, 1.165) is 19.6 Å². The number of hydrogen-bond donors (Lipinski definition) is 3. The van der Waals surface area contributed by atoms with Crippen LogP contribution in [-0.4, -0.2) is 60.1 Å². The van der Waals surface area contributed by atoms with Gasteiger partial charge in [-0.25, -0.2) is 0 Å². The summed E-state index contributed by atoms with van der Waals surface area (Å²) in [5.74, 6) is 0. The third-order valence-electron chi connectivity index (χ3n) is 1.15.